The fourth-order valence-corrected chi connectivity index (χ4v) is 5.02. The number of hydrogen-bond acceptors (Lipinski definition) is 5. The molecule has 1 saturated heterocycles. The van der Waals surface area contributed by atoms with E-state index in [1.807, 2.05) is 31.1 Å². The lowest BCUT2D eigenvalue weighted by molar-refractivity contribution is -0.119. The van der Waals surface area contributed by atoms with Crippen LogP contribution in [0.1, 0.15) is 17.3 Å². The number of amides is 2. The Labute approximate surface area is 168 Å². The van der Waals surface area contributed by atoms with E-state index in [9.17, 15) is 18.0 Å². The van der Waals surface area contributed by atoms with Crippen molar-refractivity contribution in [3.63, 3.8) is 0 Å². The molecule has 0 bridgehead atoms. The number of benzene rings is 2. The maximum absolute atomic E-state index is 12.5. The van der Waals surface area contributed by atoms with Crippen molar-refractivity contribution in [1.82, 2.24) is 0 Å². The van der Waals surface area contributed by atoms with E-state index in [0.717, 1.165) is 9.99 Å². The molecule has 0 aliphatic carbocycles. The SMILES string of the molecule is CC1CS(=O)(=O)N(c2ccc(C(=O)Nc3ccc(N(C)C)cc3)c(Cl)c2)C1=O. The van der Waals surface area contributed by atoms with E-state index in [0.29, 0.717) is 5.69 Å². The number of hydrogen-bond donors (Lipinski definition) is 1. The molecule has 28 heavy (non-hydrogen) atoms. The summed E-state index contributed by atoms with van der Waals surface area (Å²) < 4.78 is 25.2. The maximum atomic E-state index is 12.5. The van der Waals surface area contributed by atoms with Gasteiger partial charge in [0.25, 0.3) is 5.91 Å². The Morgan fingerprint density at radius 2 is 1.82 bits per heavy atom. The molecule has 2 aromatic rings. The van der Waals surface area contributed by atoms with Gasteiger partial charge >= 0.3 is 0 Å². The van der Waals surface area contributed by atoms with Crippen LogP contribution in [0.3, 0.4) is 0 Å². The van der Waals surface area contributed by atoms with Gasteiger partial charge < -0.3 is 10.2 Å². The highest BCUT2D eigenvalue weighted by Crippen LogP contribution is 2.31. The van der Waals surface area contributed by atoms with Crippen LogP contribution in [0.4, 0.5) is 17.1 Å². The van der Waals surface area contributed by atoms with Crippen molar-refractivity contribution < 1.29 is 18.0 Å². The predicted molar refractivity (Wildman–Crippen MR) is 111 cm³/mol. The molecule has 3 rings (SSSR count). The highest BCUT2D eigenvalue weighted by atomic mass is 35.5. The second-order valence-corrected chi connectivity index (χ2v) is 9.11. The maximum Gasteiger partial charge on any atom is 0.257 e. The third-order valence-corrected chi connectivity index (χ3v) is 6.61. The van der Waals surface area contributed by atoms with Crippen molar-refractivity contribution in [3.05, 3.63) is 53.1 Å². The third kappa shape index (κ3) is 3.83. The van der Waals surface area contributed by atoms with Crippen LogP contribution in [0.5, 0.6) is 0 Å². The van der Waals surface area contributed by atoms with Crippen LogP contribution in [0, 0.1) is 5.92 Å². The quantitative estimate of drug-likeness (QED) is 0.820. The first kappa shape index (κ1) is 20.2. The summed E-state index contributed by atoms with van der Waals surface area (Å²) in [7, 11) is 0.108. The van der Waals surface area contributed by atoms with Gasteiger partial charge in [0.1, 0.15) is 0 Å². The highest BCUT2D eigenvalue weighted by molar-refractivity contribution is 7.94. The summed E-state index contributed by atoms with van der Waals surface area (Å²) in [5.74, 6) is -1.79. The summed E-state index contributed by atoms with van der Waals surface area (Å²) in [4.78, 5) is 26.7. The average molecular weight is 422 g/mol. The Kier molecular flexibility index (Phi) is 5.36. The van der Waals surface area contributed by atoms with Gasteiger partial charge in [-0.05, 0) is 42.5 Å². The number of anilines is 3. The number of carbonyl (C=O) groups excluding carboxylic acids is 2. The van der Waals surface area contributed by atoms with Gasteiger partial charge in [-0.25, -0.2) is 12.7 Å². The van der Waals surface area contributed by atoms with Gasteiger partial charge in [-0.15, -0.1) is 0 Å². The van der Waals surface area contributed by atoms with Crippen LogP contribution in [0.15, 0.2) is 42.5 Å². The first-order valence-corrected chi connectivity index (χ1v) is 10.5. The third-order valence-electron chi connectivity index (χ3n) is 4.43. The molecule has 1 fully saturated rings. The molecule has 7 nitrogen and oxygen atoms in total. The summed E-state index contributed by atoms with van der Waals surface area (Å²) >= 11 is 6.21. The van der Waals surface area contributed by atoms with E-state index in [1.54, 1.807) is 19.1 Å². The number of carbonyl (C=O) groups is 2. The normalized spacial score (nSPS) is 18.2. The summed E-state index contributed by atoms with van der Waals surface area (Å²) in [6.45, 7) is 1.56. The van der Waals surface area contributed by atoms with Crippen LogP contribution in [0.25, 0.3) is 0 Å². The standard InChI is InChI=1S/C19H20ClN3O4S/c1-12-11-28(26,27)23(19(12)25)15-8-9-16(17(20)10-15)18(24)21-13-4-6-14(7-5-13)22(2)3/h4-10,12H,11H2,1-3H3,(H,21,24). The Bertz CT molecular complexity index is 1040. The molecular weight excluding hydrogens is 402 g/mol. The first-order valence-electron chi connectivity index (χ1n) is 8.55. The number of sulfonamides is 1. The number of nitrogens with one attached hydrogen (secondary N) is 1. The summed E-state index contributed by atoms with van der Waals surface area (Å²) in [5, 5.41) is 2.80. The topological polar surface area (TPSA) is 86.8 Å². The molecule has 2 aromatic carbocycles. The molecule has 1 unspecified atom stereocenters. The fraction of sp³-hybridized carbons (Fsp3) is 0.263. The van der Waals surface area contributed by atoms with Crippen LogP contribution in [-0.2, 0) is 14.8 Å². The molecule has 1 atom stereocenters. The average Bonchev–Trinajstić information content (AvgIpc) is 2.82. The number of halogens is 1. The Balaban J connectivity index is 1.82. The van der Waals surface area contributed by atoms with E-state index in [4.69, 9.17) is 11.6 Å². The molecular formula is C19H20ClN3O4S. The van der Waals surface area contributed by atoms with Gasteiger partial charge in [0.2, 0.25) is 15.9 Å². The lowest BCUT2D eigenvalue weighted by Gasteiger charge is -2.17. The van der Waals surface area contributed by atoms with Gasteiger partial charge in [0.05, 0.1) is 27.9 Å². The molecule has 1 N–H and O–H groups in total. The zero-order chi connectivity index (χ0) is 20.6. The monoisotopic (exact) mass is 421 g/mol. The first-order chi connectivity index (χ1) is 13.1. The Morgan fingerprint density at radius 1 is 1.18 bits per heavy atom. The van der Waals surface area contributed by atoms with Crippen molar-refractivity contribution in [1.29, 1.82) is 0 Å². The molecule has 148 valence electrons. The smallest absolute Gasteiger partial charge is 0.257 e. The van der Waals surface area contributed by atoms with Crippen molar-refractivity contribution in [2.75, 3.05) is 34.4 Å². The zero-order valence-corrected chi connectivity index (χ0v) is 17.2. The predicted octanol–water partition coefficient (Wildman–Crippen LogP) is 2.97. The Hall–Kier alpha value is -2.58. The molecule has 1 aliphatic rings. The van der Waals surface area contributed by atoms with E-state index in [-0.39, 0.29) is 22.0 Å². The van der Waals surface area contributed by atoms with Gasteiger partial charge in [0.15, 0.2) is 0 Å². The van der Waals surface area contributed by atoms with Gasteiger partial charge in [-0.3, -0.25) is 9.59 Å². The molecule has 0 saturated carbocycles. The minimum Gasteiger partial charge on any atom is -0.378 e. The summed E-state index contributed by atoms with van der Waals surface area (Å²) in [6.07, 6.45) is 0. The van der Waals surface area contributed by atoms with E-state index >= 15 is 0 Å². The van der Waals surface area contributed by atoms with E-state index in [2.05, 4.69) is 5.32 Å². The molecule has 9 heteroatoms. The second-order valence-electron chi connectivity index (χ2n) is 6.84. The van der Waals surface area contributed by atoms with Gasteiger partial charge in [0, 0.05) is 25.5 Å². The van der Waals surface area contributed by atoms with Gasteiger partial charge in [-0.1, -0.05) is 18.5 Å². The van der Waals surface area contributed by atoms with Crippen molar-refractivity contribution in [2.24, 2.45) is 5.92 Å². The largest absolute Gasteiger partial charge is 0.378 e. The zero-order valence-electron chi connectivity index (χ0n) is 15.6. The summed E-state index contributed by atoms with van der Waals surface area (Å²) in [6, 6.07) is 11.4. The van der Waals surface area contributed by atoms with E-state index in [1.165, 1.54) is 18.2 Å². The number of nitrogens with zero attached hydrogens (tertiary/aromatic N) is 2. The minimum atomic E-state index is -3.73. The Morgan fingerprint density at radius 3 is 2.32 bits per heavy atom. The molecule has 1 heterocycles. The highest BCUT2D eigenvalue weighted by Gasteiger charge is 2.42. The molecule has 0 radical (unpaired) electrons. The second kappa shape index (κ2) is 7.44. The van der Waals surface area contributed by atoms with Crippen molar-refractivity contribution in [3.8, 4) is 0 Å². The fourth-order valence-electron chi connectivity index (χ4n) is 2.94. The van der Waals surface area contributed by atoms with Crippen molar-refractivity contribution >= 4 is 50.5 Å². The molecule has 0 spiro atoms. The summed E-state index contributed by atoms with van der Waals surface area (Å²) in [5.41, 5.74) is 1.90. The molecule has 2 amide bonds. The number of rotatable bonds is 4. The van der Waals surface area contributed by atoms with Crippen LogP contribution >= 0.6 is 11.6 Å². The molecule has 1 aliphatic heterocycles. The van der Waals surface area contributed by atoms with E-state index < -0.39 is 27.8 Å². The van der Waals surface area contributed by atoms with Crippen LogP contribution in [0.2, 0.25) is 5.02 Å². The minimum absolute atomic E-state index is 0.0578. The lowest BCUT2D eigenvalue weighted by Crippen LogP contribution is -2.30. The van der Waals surface area contributed by atoms with Crippen molar-refractivity contribution in [2.45, 2.75) is 6.92 Å². The van der Waals surface area contributed by atoms with Gasteiger partial charge in [-0.2, -0.15) is 0 Å². The van der Waals surface area contributed by atoms with Crippen LogP contribution in [-0.4, -0.2) is 40.1 Å². The molecule has 0 aromatic heterocycles. The lowest BCUT2D eigenvalue weighted by atomic mass is 10.1. The van der Waals surface area contributed by atoms with Crippen LogP contribution < -0.4 is 14.5 Å².